The van der Waals surface area contributed by atoms with Crippen LogP contribution in [0.15, 0.2) is 0 Å². The van der Waals surface area contributed by atoms with Gasteiger partial charge in [-0.25, -0.2) is 0 Å². The largest absolute Gasteiger partial charge is 0.291 e. The van der Waals surface area contributed by atoms with Crippen molar-refractivity contribution in [2.45, 2.75) is 39.5 Å². The van der Waals surface area contributed by atoms with E-state index in [1.165, 1.54) is 0 Å². The van der Waals surface area contributed by atoms with E-state index in [1.54, 1.807) is 0 Å². The van der Waals surface area contributed by atoms with E-state index >= 15 is 0 Å². The smallest absolute Gasteiger partial charge is 0.201 e. The van der Waals surface area contributed by atoms with Gasteiger partial charge in [0.2, 0.25) is 5.78 Å². The minimum atomic E-state index is -0.146. The summed E-state index contributed by atoms with van der Waals surface area (Å²) < 4.78 is 0. The van der Waals surface area contributed by atoms with E-state index in [0.717, 1.165) is 19.3 Å². The average molecular weight is 168 g/mol. The Morgan fingerprint density at radius 3 is 2.67 bits per heavy atom. The van der Waals surface area contributed by atoms with Crippen molar-refractivity contribution in [3.8, 4) is 0 Å². The van der Waals surface area contributed by atoms with Gasteiger partial charge in [0.25, 0.3) is 0 Å². The quantitative estimate of drug-likeness (QED) is 0.591. The minimum Gasteiger partial charge on any atom is -0.291 e. The molecule has 2 nitrogen and oxygen atoms in total. The van der Waals surface area contributed by atoms with Crippen molar-refractivity contribution in [2.75, 3.05) is 0 Å². The number of carbonyl (C=O) groups is 2. The maximum absolute atomic E-state index is 11.3. The van der Waals surface area contributed by atoms with E-state index in [1.807, 2.05) is 0 Å². The lowest BCUT2D eigenvalue weighted by molar-refractivity contribution is -0.141. The third-order valence-electron chi connectivity index (χ3n) is 2.36. The van der Waals surface area contributed by atoms with Gasteiger partial charge in [-0.05, 0) is 25.2 Å². The second-order valence-corrected chi connectivity index (χ2v) is 4.01. The second kappa shape index (κ2) is 3.83. The summed E-state index contributed by atoms with van der Waals surface area (Å²) in [7, 11) is 0. The molecule has 1 rings (SSSR count). The van der Waals surface area contributed by atoms with E-state index in [-0.39, 0.29) is 17.5 Å². The Morgan fingerprint density at radius 2 is 2.08 bits per heavy atom. The van der Waals surface area contributed by atoms with Crippen LogP contribution in [-0.2, 0) is 9.59 Å². The van der Waals surface area contributed by atoms with Crippen LogP contribution in [0.5, 0.6) is 0 Å². The normalized spacial score (nSPS) is 25.1. The molecule has 1 unspecified atom stereocenters. The zero-order valence-electron chi connectivity index (χ0n) is 7.80. The molecule has 2 heteroatoms. The third-order valence-corrected chi connectivity index (χ3v) is 2.36. The predicted molar refractivity (Wildman–Crippen MR) is 46.8 cm³/mol. The maximum Gasteiger partial charge on any atom is 0.201 e. The molecule has 1 aliphatic rings. The molecular weight excluding hydrogens is 152 g/mol. The summed E-state index contributed by atoms with van der Waals surface area (Å²) in [6.45, 7) is 4.18. The van der Waals surface area contributed by atoms with E-state index < -0.39 is 0 Å². The van der Waals surface area contributed by atoms with Gasteiger partial charge in [0.05, 0.1) is 0 Å². The molecule has 0 bridgehead atoms. The Kier molecular flexibility index (Phi) is 3.01. The number of rotatable bonds is 2. The molecule has 0 radical (unpaired) electrons. The fourth-order valence-electron chi connectivity index (χ4n) is 1.78. The first-order chi connectivity index (χ1) is 5.61. The highest BCUT2D eigenvalue weighted by atomic mass is 16.2. The molecular formula is C10H16O2. The van der Waals surface area contributed by atoms with Crippen molar-refractivity contribution in [1.82, 2.24) is 0 Å². The zero-order chi connectivity index (χ0) is 9.14. The summed E-state index contributed by atoms with van der Waals surface area (Å²) in [5.74, 6) is 0.290. The standard InChI is InChI=1S/C10H16O2/c1-7(2)6-8-4-3-5-9(11)10(8)12/h7-8H,3-6H2,1-2H3. The van der Waals surface area contributed by atoms with Crippen molar-refractivity contribution < 1.29 is 9.59 Å². The van der Waals surface area contributed by atoms with Crippen molar-refractivity contribution >= 4 is 11.6 Å². The fourth-order valence-corrected chi connectivity index (χ4v) is 1.78. The number of Topliss-reactive ketones (excluding diaryl/α,β-unsaturated/α-hetero) is 2. The molecule has 0 spiro atoms. The summed E-state index contributed by atoms with van der Waals surface area (Å²) in [5, 5.41) is 0. The zero-order valence-corrected chi connectivity index (χ0v) is 7.80. The Labute approximate surface area is 73.3 Å². The first kappa shape index (κ1) is 9.43. The molecule has 12 heavy (non-hydrogen) atoms. The minimum absolute atomic E-state index is 0.0336. The van der Waals surface area contributed by atoms with Crippen LogP contribution in [0.2, 0.25) is 0 Å². The lowest BCUT2D eigenvalue weighted by Crippen LogP contribution is -2.29. The third kappa shape index (κ3) is 2.16. The van der Waals surface area contributed by atoms with E-state index in [2.05, 4.69) is 13.8 Å². The number of hydrogen-bond donors (Lipinski definition) is 0. The highest BCUT2D eigenvalue weighted by molar-refractivity contribution is 6.38. The van der Waals surface area contributed by atoms with E-state index in [9.17, 15) is 9.59 Å². The van der Waals surface area contributed by atoms with Gasteiger partial charge >= 0.3 is 0 Å². The monoisotopic (exact) mass is 168 g/mol. The number of carbonyl (C=O) groups excluding carboxylic acids is 2. The molecule has 0 aromatic heterocycles. The summed E-state index contributed by atoms with van der Waals surface area (Å²) in [6, 6.07) is 0. The van der Waals surface area contributed by atoms with Crippen LogP contribution in [0.4, 0.5) is 0 Å². The molecule has 1 atom stereocenters. The number of hydrogen-bond acceptors (Lipinski definition) is 2. The van der Waals surface area contributed by atoms with Crippen molar-refractivity contribution in [2.24, 2.45) is 11.8 Å². The molecule has 0 aromatic carbocycles. The van der Waals surface area contributed by atoms with Crippen LogP contribution in [-0.4, -0.2) is 11.6 Å². The van der Waals surface area contributed by atoms with Crippen LogP contribution in [0, 0.1) is 11.8 Å². The molecule has 0 aromatic rings. The Bertz CT molecular complexity index is 194. The molecule has 68 valence electrons. The highest BCUT2D eigenvalue weighted by Gasteiger charge is 2.29. The summed E-state index contributed by atoms with van der Waals surface area (Å²) in [5.41, 5.74) is 0. The molecule has 1 fully saturated rings. The molecule has 0 N–H and O–H groups in total. The van der Waals surface area contributed by atoms with Gasteiger partial charge in [-0.2, -0.15) is 0 Å². The average Bonchev–Trinajstić information content (AvgIpc) is 1.98. The van der Waals surface area contributed by atoms with Crippen LogP contribution in [0.1, 0.15) is 39.5 Å². The SMILES string of the molecule is CC(C)CC1CCCC(=O)C1=O. The topological polar surface area (TPSA) is 34.1 Å². The fraction of sp³-hybridized carbons (Fsp3) is 0.800. The van der Waals surface area contributed by atoms with Gasteiger partial charge in [0, 0.05) is 12.3 Å². The first-order valence-corrected chi connectivity index (χ1v) is 4.68. The predicted octanol–water partition coefficient (Wildman–Crippen LogP) is 1.97. The Morgan fingerprint density at radius 1 is 1.42 bits per heavy atom. The summed E-state index contributed by atoms with van der Waals surface area (Å²) in [6.07, 6.45) is 3.18. The van der Waals surface area contributed by atoms with Crippen LogP contribution in [0.3, 0.4) is 0 Å². The van der Waals surface area contributed by atoms with Gasteiger partial charge in [-0.15, -0.1) is 0 Å². The lowest BCUT2D eigenvalue weighted by Gasteiger charge is -2.20. The molecule has 0 amide bonds. The van der Waals surface area contributed by atoms with E-state index in [0.29, 0.717) is 12.3 Å². The molecule has 0 aliphatic heterocycles. The van der Waals surface area contributed by atoms with Gasteiger partial charge < -0.3 is 0 Å². The Balaban J connectivity index is 2.52. The van der Waals surface area contributed by atoms with Crippen LogP contribution >= 0.6 is 0 Å². The maximum atomic E-state index is 11.3. The summed E-state index contributed by atoms with van der Waals surface area (Å²) >= 11 is 0. The first-order valence-electron chi connectivity index (χ1n) is 4.68. The van der Waals surface area contributed by atoms with Crippen molar-refractivity contribution in [3.63, 3.8) is 0 Å². The molecule has 0 heterocycles. The molecule has 1 aliphatic carbocycles. The highest BCUT2D eigenvalue weighted by Crippen LogP contribution is 2.24. The second-order valence-electron chi connectivity index (χ2n) is 4.01. The molecule has 1 saturated carbocycles. The lowest BCUT2D eigenvalue weighted by atomic mass is 9.82. The van der Waals surface area contributed by atoms with Crippen LogP contribution < -0.4 is 0 Å². The summed E-state index contributed by atoms with van der Waals surface area (Å²) in [4.78, 5) is 22.3. The van der Waals surface area contributed by atoms with Crippen molar-refractivity contribution in [1.29, 1.82) is 0 Å². The van der Waals surface area contributed by atoms with E-state index in [4.69, 9.17) is 0 Å². The Hall–Kier alpha value is -0.660. The van der Waals surface area contributed by atoms with Crippen molar-refractivity contribution in [3.05, 3.63) is 0 Å². The van der Waals surface area contributed by atoms with Gasteiger partial charge in [-0.3, -0.25) is 9.59 Å². The van der Waals surface area contributed by atoms with Crippen LogP contribution in [0.25, 0.3) is 0 Å². The number of ketones is 2. The molecule has 0 saturated heterocycles. The van der Waals surface area contributed by atoms with Gasteiger partial charge in [0.1, 0.15) is 0 Å². The van der Waals surface area contributed by atoms with Gasteiger partial charge in [0.15, 0.2) is 5.78 Å². The van der Waals surface area contributed by atoms with Gasteiger partial charge in [-0.1, -0.05) is 13.8 Å².